The lowest BCUT2D eigenvalue weighted by atomic mass is 10.3. The molecule has 0 spiro atoms. The fraction of sp³-hybridized carbons (Fsp3) is 0.800. The second-order valence-electron chi connectivity index (χ2n) is 1.68. The number of carbonyl (C=O) groups excluding carboxylic acids is 1. The van der Waals surface area contributed by atoms with Crippen molar-refractivity contribution in [3.8, 4) is 0 Å². The van der Waals surface area contributed by atoms with E-state index in [1.165, 1.54) is 0 Å². The summed E-state index contributed by atoms with van der Waals surface area (Å²) >= 11 is 0. The molecule has 0 aromatic carbocycles. The summed E-state index contributed by atoms with van der Waals surface area (Å²) in [6.07, 6.45) is 0.534. The van der Waals surface area contributed by atoms with Gasteiger partial charge in [-0.25, -0.2) is 5.32 Å². The van der Waals surface area contributed by atoms with Crippen LogP contribution in [0.15, 0.2) is 0 Å². The monoisotopic (exact) mass is 114 g/mol. The van der Waals surface area contributed by atoms with Gasteiger partial charge < -0.3 is 9.53 Å². The van der Waals surface area contributed by atoms with Crippen LogP contribution >= 0.6 is 0 Å². The Hall–Kier alpha value is -0.410. The minimum atomic E-state index is -0.260. The first-order valence-electron chi connectivity index (χ1n) is 2.63. The Morgan fingerprint density at radius 1 is 1.75 bits per heavy atom. The van der Waals surface area contributed by atoms with Gasteiger partial charge in [0.05, 0.1) is 6.61 Å². The number of ether oxygens (including phenoxy) is 1. The van der Waals surface area contributed by atoms with E-state index in [1.54, 1.807) is 0 Å². The number of hydrogen-bond donors (Lipinski definition) is 0. The Balaban J connectivity index is 2.22. The van der Waals surface area contributed by atoms with E-state index in [0.29, 0.717) is 13.2 Å². The van der Waals surface area contributed by atoms with E-state index in [2.05, 4.69) is 5.32 Å². The van der Waals surface area contributed by atoms with Gasteiger partial charge in [0.25, 0.3) is 0 Å². The lowest BCUT2D eigenvalue weighted by Crippen LogP contribution is -2.34. The van der Waals surface area contributed by atoms with Gasteiger partial charge in [0.15, 0.2) is 0 Å². The summed E-state index contributed by atoms with van der Waals surface area (Å²) in [5, 5.41) is 3.97. The van der Waals surface area contributed by atoms with Crippen LogP contribution in [-0.4, -0.2) is 32.1 Å². The molecule has 1 aliphatic rings. The highest BCUT2D eigenvalue weighted by Gasteiger charge is 2.11. The Morgan fingerprint density at radius 2 is 2.62 bits per heavy atom. The summed E-state index contributed by atoms with van der Waals surface area (Å²) < 4.78 is 4.97. The van der Waals surface area contributed by atoms with Gasteiger partial charge in [0.2, 0.25) is 0 Å². The number of rotatable bonds is 1. The average Bonchev–Trinajstić information content (AvgIpc) is 1.90. The van der Waals surface area contributed by atoms with Crippen molar-refractivity contribution in [2.75, 3.05) is 19.7 Å². The largest absolute Gasteiger partial charge is 0.368 e. The van der Waals surface area contributed by atoms with Crippen LogP contribution in [0.4, 0.5) is 0 Å². The minimum absolute atomic E-state index is 0.260. The van der Waals surface area contributed by atoms with Crippen LogP contribution in [0.3, 0.4) is 0 Å². The average molecular weight is 114 g/mol. The minimum Gasteiger partial charge on any atom is -0.368 e. The zero-order valence-electron chi connectivity index (χ0n) is 4.54. The Morgan fingerprint density at radius 3 is 3.00 bits per heavy atom. The number of nitrogens with zero attached hydrogens (tertiary/aromatic N) is 1. The van der Waals surface area contributed by atoms with E-state index in [1.807, 2.05) is 0 Å². The van der Waals surface area contributed by atoms with E-state index >= 15 is 0 Å². The summed E-state index contributed by atoms with van der Waals surface area (Å²) in [6.45, 7) is 1.89. The molecule has 8 heavy (non-hydrogen) atoms. The first kappa shape index (κ1) is 5.72. The quantitative estimate of drug-likeness (QED) is 0.418. The normalized spacial score (nSPS) is 29.8. The molecule has 1 unspecified atom stereocenters. The van der Waals surface area contributed by atoms with Gasteiger partial charge in [-0.1, -0.05) is 0 Å². The van der Waals surface area contributed by atoms with Crippen LogP contribution in [0.2, 0.25) is 0 Å². The van der Waals surface area contributed by atoms with Crippen molar-refractivity contribution in [2.45, 2.75) is 6.10 Å². The van der Waals surface area contributed by atoms with E-state index in [4.69, 9.17) is 4.74 Å². The summed E-state index contributed by atoms with van der Waals surface area (Å²) in [7, 11) is 0. The zero-order chi connectivity index (χ0) is 5.82. The van der Waals surface area contributed by atoms with E-state index in [0.717, 1.165) is 12.8 Å². The van der Waals surface area contributed by atoms with Crippen molar-refractivity contribution >= 4 is 6.29 Å². The second-order valence-corrected chi connectivity index (χ2v) is 1.68. The maximum absolute atomic E-state index is 9.97. The molecule has 0 saturated carbocycles. The van der Waals surface area contributed by atoms with Crippen molar-refractivity contribution < 1.29 is 9.53 Å². The van der Waals surface area contributed by atoms with Crippen molar-refractivity contribution in [1.29, 1.82) is 0 Å². The number of hydrogen-bond acceptors (Lipinski definition) is 2. The highest BCUT2D eigenvalue weighted by atomic mass is 16.5. The highest BCUT2D eigenvalue weighted by molar-refractivity contribution is 5.56. The summed E-state index contributed by atoms with van der Waals surface area (Å²) in [5.74, 6) is 0. The van der Waals surface area contributed by atoms with Crippen LogP contribution in [0.1, 0.15) is 0 Å². The lowest BCUT2D eigenvalue weighted by Gasteiger charge is -2.16. The molecule has 1 aliphatic heterocycles. The fourth-order valence-electron chi connectivity index (χ4n) is 0.622. The van der Waals surface area contributed by atoms with Gasteiger partial charge in [0.1, 0.15) is 12.4 Å². The first-order valence-corrected chi connectivity index (χ1v) is 2.63. The van der Waals surface area contributed by atoms with Crippen molar-refractivity contribution in [1.82, 2.24) is 5.32 Å². The van der Waals surface area contributed by atoms with Gasteiger partial charge in [-0.2, -0.15) is 0 Å². The van der Waals surface area contributed by atoms with Crippen LogP contribution in [0, 0.1) is 0 Å². The van der Waals surface area contributed by atoms with E-state index in [9.17, 15) is 4.79 Å². The Bertz CT molecular complexity index is 78.5. The number of morpholine rings is 1. The SMILES string of the molecule is O=CC1C[N]CCO1. The molecule has 45 valence electrons. The van der Waals surface area contributed by atoms with Gasteiger partial charge in [-0.15, -0.1) is 0 Å². The molecule has 1 radical (unpaired) electrons. The number of carbonyl (C=O) groups is 1. The topological polar surface area (TPSA) is 40.4 Å². The zero-order valence-corrected chi connectivity index (χ0v) is 4.54. The predicted molar refractivity (Wildman–Crippen MR) is 27.7 cm³/mol. The molecule has 0 aliphatic carbocycles. The third-order valence-corrected chi connectivity index (χ3v) is 1.04. The van der Waals surface area contributed by atoms with Gasteiger partial charge in [-0.05, 0) is 0 Å². The second kappa shape index (κ2) is 2.79. The molecule has 0 aromatic heterocycles. The van der Waals surface area contributed by atoms with Crippen molar-refractivity contribution in [3.05, 3.63) is 0 Å². The first-order chi connectivity index (χ1) is 3.93. The summed E-state index contributed by atoms with van der Waals surface area (Å²) in [6, 6.07) is 0. The molecule has 1 atom stereocenters. The molecule has 0 bridgehead atoms. The van der Waals surface area contributed by atoms with Gasteiger partial charge in [-0.3, -0.25) is 0 Å². The Labute approximate surface area is 48.0 Å². The molecule has 0 aromatic rings. The fourth-order valence-corrected chi connectivity index (χ4v) is 0.622. The van der Waals surface area contributed by atoms with Crippen LogP contribution in [0.25, 0.3) is 0 Å². The number of aldehydes is 1. The smallest absolute Gasteiger partial charge is 0.150 e. The summed E-state index contributed by atoms with van der Waals surface area (Å²) in [5.41, 5.74) is 0. The van der Waals surface area contributed by atoms with Crippen LogP contribution in [0.5, 0.6) is 0 Å². The molecule has 1 saturated heterocycles. The van der Waals surface area contributed by atoms with Crippen LogP contribution in [-0.2, 0) is 9.53 Å². The molecular weight excluding hydrogens is 106 g/mol. The molecule has 1 heterocycles. The molecule has 3 nitrogen and oxygen atoms in total. The van der Waals surface area contributed by atoms with Crippen molar-refractivity contribution in [2.24, 2.45) is 0 Å². The highest BCUT2D eigenvalue weighted by Crippen LogP contribution is 1.91. The molecule has 1 rings (SSSR count). The third kappa shape index (κ3) is 1.28. The summed E-state index contributed by atoms with van der Waals surface area (Å²) in [4.78, 5) is 9.97. The maximum atomic E-state index is 9.97. The van der Waals surface area contributed by atoms with Gasteiger partial charge in [0, 0.05) is 13.1 Å². The third-order valence-electron chi connectivity index (χ3n) is 1.04. The predicted octanol–water partition coefficient (Wildman–Crippen LogP) is -0.812. The molecule has 0 N–H and O–H groups in total. The molecular formula is C5H8NO2. The molecule has 0 amide bonds. The Kier molecular flexibility index (Phi) is 2.00. The van der Waals surface area contributed by atoms with Crippen LogP contribution < -0.4 is 5.32 Å². The van der Waals surface area contributed by atoms with Crippen molar-refractivity contribution in [3.63, 3.8) is 0 Å². The standard InChI is InChI=1S/C5H8NO2/c7-4-5-3-6-1-2-8-5/h4-5H,1-3H2. The lowest BCUT2D eigenvalue weighted by molar-refractivity contribution is -0.119. The van der Waals surface area contributed by atoms with E-state index in [-0.39, 0.29) is 6.10 Å². The molecule has 1 fully saturated rings. The van der Waals surface area contributed by atoms with Gasteiger partial charge >= 0.3 is 0 Å². The maximum Gasteiger partial charge on any atom is 0.150 e. The molecule has 3 heteroatoms. The van der Waals surface area contributed by atoms with E-state index < -0.39 is 0 Å².